The van der Waals surface area contributed by atoms with E-state index >= 15 is 0 Å². The molecule has 0 saturated carbocycles. The van der Waals surface area contributed by atoms with Crippen LogP contribution in [0.25, 0.3) is 0 Å². The molecule has 1 heterocycles. The monoisotopic (exact) mass is 423 g/mol. The molecule has 0 fully saturated rings. The van der Waals surface area contributed by atoms with E-state index in [1.165, 1.54) is 42.6 Å². The smallest absolute Gasteiger partial charge is 0.255 e. The summed E-state index contributed by atoms with van der Waals surface area (Å²) < 4.78 is 57.2. The fraction of sp³-hybridized carbons (Fsp3) is 0.0526. The van der Waals surface area contributed by atoms with E-state index < -0.39 is 31.7 Å². The van der Waals surface area contributed by atoms with Gasteiger partial charge in [-0.3, -0.25) is 4.79 Å². The number of hydrogen-bond acceptors (Lipinski definition) is 5. The highest BCUT2D eigenvalue weighted by Crippen LogP contribution is 2.24. The van der Waals surface area contributed by atoms with Crippen LogP contribution in [0.4, 0.5) is 8.78 Å². The van der Waals surface area contributed by atoms with Gasteiger partial charge in [-0.2, -0.15) is 0 Å². The van der Waals surface area contributed by atoms with Gasteiger partial charge < -0.3 is 4.74 Å². The van der Waals surface area contributed by atoms with E-state index in [2.05, 4.69) is 4.98 Å². The molecule has 0 bridgehead atoms. The van der Waals surface area contributed by atoms with Crippen LogP contribution in [0.2, 0.25) is 0 Å². The van der Waals surface area contributed by atoms with Crippen molar-refractivity contribution in [1.82, 2.24) is 4.98 Å². The van der Waals surface area contributed by atoms with Crippen molar-refractivity contribution in [2.75, 3.05) is 0 Å². The lowest BCUT2D eigenvalue weighted by Crippen LogP contribution is -2.10. The Morgan fingerprint density at radius 3 is 2.43 bits per heavy atom. The summed E-state index contributed by atoms with van der Waals surface area (Å²) in [6.45, 7) is -0.0577. The summed E-state index contributed by atoms with van der Waals surface area (Å²) in [5.74, 6) is -1.69. The minimum Gasteiger partial charge on any atom is -0.486 e. The quantitative estimate of drug-likeness (QED) is 0.557. The molecule has 5 nitrogen and oxygen atoms in total. The topological polar surface area (TPSA) is 73.3 Å². The third kappa shape index (κ3) is 4.18. The zero-order valence-corrected chi connectivity index (χ0v) is 15.7. The van der Waals surface area contributed by atoms with Gasteiger partial charge in [0.2, 0.25) is 9.84 Å². The predicted molar refractivity (Wildman–Crippen MR) is 97.0 cm³/mol. The maximum atomic E-state index is 13.6. The number of ether oxygens (including phenoxy) is 1. The minimum absolute atomic E-state index is 0.0577. The summed E-state index contributed by atoms with van der Waals surface area (Å²) in [5.41, 5.74) is 0.334. The van der Waals surface area contributed by atoms with Crippen LogP contribution in [0.3, 0.4) is 0 Å². The number of sulfone groups is 1. The number of carbonyl (C=O) groups excluding carboxylic acids is 1. The molecule has 144 valence electrons. The van der Waals surface area contributed by atoms with Gasteiger partial charge in [-0.25, -0.2) is 22.2 Å². The first kappa shape index (κ1) is 19.9. The van der Waals surface area contributed by atoms with Gasteiger partial charge in [-0.05, 0) is 53.6 Å². The van der Waals surface area contributed by atoms with Crippen molar-refractivity contribution in [3.8, 4) is 5.75 Å². The molecule has 0 spiro atoms. The molecular weight excluding hydrogens is 412 g/mol. The highest BCUT2D eigenvalue weighted by molar-refractivity contribution is 7.91. The number of rotatable bonds is 6. The van der Waals surface area contributed by atoms with Gasteiger partial charge in [0.05, 0.1) is 10.5 Å². The van der Waals surface area contributed by atoms with Crippen LogP contribution in [0.5, 0.6) is 5.75 Å². The third-order valence-corrected chi connectivity index (χ3v) is 5.69. The zero-order valence-electron chi connectivity index (χ0n) is 14.1. The molecule has 1 aromatic heterocycles. The number of pyridine rings is 1. The molecular formula is C19H12ClF2NO4S. The SMILES string of the molecule is O=C(Cl)c1cccnc1S(=O)(=O)c1ccc(COc2ccc(F)cc2F)cc1. The van der Waals surface area contributed by atoms with Crippen LogP contribution in [0.15, 0.2) is 70.7 Å². The largest absolute Gasteiger partial charge is 0.486 e. The maximum absolute atomic E-state index is 13.6. The normalized spacial score (nSPS) is 11.2. The number of nitrogens with zero attached hydrogens (tertiary/aromatic N) is 1. The summed E-state index contributed by atoms with van der Waals surface area (Å²) in [6, 6.07) is 11.2. The Kier molecular flexibility index (Phi) is 5.71. The summed E-state index contributed by atoms with van der Waals surface area (Å²) in [6.07, 6.45) is 1.25. The molecule has 0 aliphatic rings. The first-order chi connectivity index (χ1) is 13.3. The molecule has 3 rings (SSSR count). The van der Waals surface area contributed by atoms with Crippen molar-refractivity contribution in [2.45, 2.75) is 16.5 Å². The second-order valence-corrected chi connectivity index (χ2v) is 7.85. The summed E-state index contributed by atoms with van der Waals surface area (Å²) >= 11 is 5.44. The predicted octanol–water partition coefficient (Wildman–Crippen LogP) is 4.15. The molecule has 0 aliphatic heterocycles. The number of halogens is 3. The number of carbonyl (C=O) groups is 1. The molecule has 2 aromatic carbocycles. The van der Waals surface area contributed by atoms with Gasteiger partial charge in [0.25, 0.3) is 5.24 Å². The lowest BCUT2D eigenvalue weighted by atomic mass is 10.2. The lowest BCUT2D eigenvalue weighted by molar-refractivity contribution is 0.107. The van der Waals surface area contributed by atoms with Crippen LogP contribution in [-0.2, 0) is 16.4 Å². The summed E-state index contributed by atoms with van der Waals surface area (Å²) in [4.78, 5) is 15.1. The van der Waals surface area contributed by atoms with E-state index in [4.69, 9.17) is 16.3 Å². The Balaban J connectivity index is 1.81. The van der Waals surface area contributed by atoms with Gasteiger partial charge in [-0.1, -0.05) is 12.1 Å². The van der Waals surface area contributed by atoms with Gasteiger partial charge in [0, 0.05) is 12.3 Å². The number of benzene rings is 2. The molecule has 9 heteroatoms. The Morgan fingerprint density at radius 1 is 1.07 bits per heavy atom. The third-order valence-electron chi connectivity index (χ3n) is 3.76. The minimum atomic E-state index is -4.07. The molecule has 0 N–H and O–H groups in total. The fourth-order valence-corrected chi connectivity index (χ4v) is 3.96. The van der Waals surface area contributed by atoms with Gasteiger partial charge in [-0.15, -0.1) is 0 Å². The van der Waals surface area contributed by atoms with E-state index in [1.54, 1.807) is 0 Å². The van der Waals surface area contributed by atoms with E-state index in [0.717, 1.165) is 12.1 Å². The molecule has 0 radical (unpaired) electrons. The Hall–Kier alpha value is -2.84. The molecule has 0 atom stereocenters. The first-order valence-corrected chi connectivity index (χ1v) is 9.72. The average molecular weight is 424 g/mol. The second-order valence-electron chi connectivity index (χ2n) is 5.64. The van der Waals surface area contributed by atoms with Crippen molar-refractivity contribution in [3.63, 3.8) is 0 Å². The molecule has 0 saturated heterocycles. The average Bonchev–Trinajstić information content (AvgIpc) is 2.67. The number of aromatic nitrogens is 1. The highest BCUT2D eigenvalue weighted by atomic mass is 35.5. The molecule has 0 unspecified atom stereocenters. The van der Waals surface area contributed by atoms with Crippen molar-refractivity contribution in [3.05, 3.63) is 83.6 Å². The fourth-order valence-electron chi connectivity index (χ4n) is 2.38. The van der Waals surface area contributed by atoms with Gasteiger partial charge in [0.1, 0.15) is 12.4 Å². The summed E-state index contributed by atoms with van der Waals surface area (Å²) in [7, 11) is -4.07. The molecule has 0 aliphatic carbocycles. The van der Waals surface area contributed by atoms with E-state index in [9.17, 15) is 22.0 Å². The van der Waals surface area contributed by atoms with Crippen LogP contribution in [0, 0.1) is 11.6 Å². The molecule has 0 amide bonds. The van der Waals surface area contributed by atoms with Gasteiger partial charge in [0.15, 0.2) is 16.6 Å². The second kappa shape index (κ2) is 8.04. The van der Waals surface area contributed by atoms with Crippen LogP contribution >= 0.6 is 11.6 Å². The van der Waals surface area contributed by atoms with Crippen molar-refractivity contribution < 1.29 is 26.7 Å². The number of hydrogen-bond donors (Lipinski definition) is 0. The van der Waals surface area contributed by atoms with Crippen molar-refractivity contribution in [2.24, 2.45) is 0 Å². The highest BCUT2D eigenvalue weighted by Gasteiger charge is 2.25. The lowest BCUT2D eigenvalue weighted by Gasteiger charge is -2.09. The van der Waals surface area contributed by atoms with E-state index in [1.807, 2.05) is 0 Å². The summed E-state index contributed by atoms with van der Waals surface area (Å²) in [5, 5.41) is -1.37. The van der Waals surface area contributed by atoms with E-state index in [0.29, 0.717) is 11.6 Å². The Morgan fingerprint density at radius 2 is 1.79 bits per heavy atom. The van der Waals surface area contributed by atoms with Crippen molar-refractivity contribution >= 4 is 26.7 Å². The Bertz CT molecular complexity index is 1130. The van der Waals surface area contributed by atoms with Crippen molar-refractivity contribution in [1.29, 1.82) is 0 Å². The standard InChI is InChI=1S/C19H12ClF2NO4S/c20-18(24)15-2-1-9-23-19(15)28(25,26)14-6-3-12(4-7-14)11-27-17-8-5-13(21)10-16(17)22/h1-10H,11H2. The zero-order chi connectivity index (χ0) is 20.3. The molecule has 28 heavy (non-hydrogen) atoms. The van der Waals surface area contributed by atoms with Crippen LogP contribution < -0.4 is 4.74 Å². The molecule has 3 aromatic rings. The van der Waals surface area contributed by atoms with Crippen LogP contribution in [-0.4, -0.2) is 18.6 Å². The maximum Gasteiger partial charge on any atom is 0.255 e. The Labute approximate surface area is 164 Å². The van der Waals surface area contributed by atoms with Gasteiger partial charge >= 0.3 is 0 Å². The van der Waals surface area contributed by atoms with E-state index in [-0.39, 0.29) is 22.8 Å². The van der Waals surface area contributed by atoms with Crippen LogP contribution in [0.1, 0.15) is 15.9 Å². The first-order valence-electron chi connectivity index (χ1n) is 7.86.